The Morgan fingerprint density at radius 2 is 2.05 bits per heavy atom. The number of nitrogens with zero attached hydrogens (tertiary/aromatic N) is 1. The summed E-state index contributed by atoms with van der Waals surface area (Å²) in [6, 6.07) is 3.20. The van der Waals surface area contributed by atoms with Gasteiger partial charge in [0.15, 0.2) is 0 Å². The Balaban J connectivity index is 2.20. The van der Waals surface area contributed by atoms with Gasteiger partial charge >= 0.3 is 5.69 Å². The zero-order valence-electron chi connectivity index (χ0n) is 9.32. The molecule has 0 aliphatic carbocycles. The minimum atomic E-state index is -1.19. The van der Waals surface area contributed by atoms with Crippen molar-refractivity contribution in [1.82, 2.24) is 0 Å². The van der Waals surface area contributed by atoms with E-state index in [1.54, 1.807) is 0 Å². The third kappa shape index (κ3) is 3.27. The first kappa shape index (κ1) is 13.9. The third-order valence-electron chi connectivity index (χ3n) is 2.31. The number of thiophene rings is 1. The SMILES string of the molecule is O=[N+]([O-])c1cc(NCc2cc(Br)cs2)c(F)cc1F. The summed E-state index contributed by atoms with van der Waals surface area (Å²) in [4.78, 5) is 10.6. The monoisotopic (exact) mass is 348 g/mol. The second kappa shape index (κ2) is 5.62. The summed E-state index contributed by atoms with van der Waals surface area (Å²) in [7, 11) is 0. The van der Waals surface area contributed by atoms with E-state index in [1.807, 2.05) is 11.4 Å². The number of nitro groups is 1. The molecule has 1 N–H and O–H groups in total. The molecule has 19 heavy (non-hydrogen) atoms. The zero-order valence-corrected chi connectivity index (χ0v) is 11.7. The minimum absolute atomic E-state index is 0.0994. The molecule has 0 atom stereocenters. The van der Waals surface area contributed by atoms with E-state index in [2.05, 4.69) is 21.2 Å². The number of benzene rings is 1. The molecule has 1 heterocycles. The molecule has 1 aromatic carbocycles. The highest BCUT2D eigenvalue weighted by Crippen LogP contribution is 2.26. The van der Waals surface area contributed by atoms with Gasteiger partial charge < -0.3 is 5.32 Å². The fraction of sp³-hybridized carbons (Fsp3) is 0.0909. The number of hydrogen-bond acceptors (Lipinski definition) is 4. The van der Waals surface area contributed by atoms with E-state index in [1.165, 1.54) is 11.3 Å². The summed E-state index contributed by atoms with van der Waals surface area (Å²) < 4.78 is 27.5. The van der Waals surface area contributed by atoms with Crippen molar-refractivity contribution in [2.24, 2.45) is 0 Å². The summed E-state index contributed by atoms with van der Waals surface area (Å²) in [5, 5.41) is 15.1. The van der Waals surface area contributed by atoms with Crippen molar-refractivity contribution in [2.75, 3.05) is 5.32 Å². The van der Waals surface area contributed by atoms with Gasteiger partial charge in [-0.2, -0.15) is 4.39 Å². The van der Waals surface area contributed by atoms with Gasteiger partial charge in [0.2, 0.25) is 5.82 Å². The highest BCUT2D eigenvalue weighted by Gasteiger charge is 2.18. The second-order valence-corrected chi connectivity index (χ2v) is 5.54. The van der Waals surface area contributed by atoms with E-state index in [9.17, 15) is 18.9 Å². The Kier molecular flexibility index (Phi) is 4.11. The summed E-state index contributed by atoms with van der Waals surface area (Å²) in [5.41, 5.74) is -0.853. The molecule has 0 saturated carbocycles. The normalized spacial score (nSPS) is 10.5. The Hall–Kier alpha value is -1.54. The van der Waals surface area contributed by atoms with Crippen LogP contribution in [-0.2, 0) is 6.54 Å². The van der Waals surface area contributed by atoms with Crippen LogP contribution in [0, 0.1) is 21.7 Å². The molecule has 0 amide bonds. The van der Waals surface area contributed by atoms with Gasteiger partial charge in [0.25, 0.3) is 0 Å². The van der Waals surface area contributed by atoms with Gasteiger partial charge in [0.05, 0.1) is 10.6 Å². The average molecular weight is 349 g/mol. The maximum Gasteiger partial charge on any atom is 0.307 e. The Bertz CT molecular complexity index is 633. The highest BCUT2D eigenvalue weighted by atomic mass is 79.9. The number of nitro benzene ring substituents is 1. The van der Waals surface area contributed by atoms with Crippen LogP contribution in [0.25, 0.3) is 0 Å². The van der Waals surface area contributed by atoms with Crippen LogP contribution in [0.15, 0.2) is 28.1 Å². The molecule has 0 saturated heterocycles. The molecule has 8 heteroatoms. The lowest BCUT2D eigenvalue weighted by atomic mass is 10.2. The second-order valence-electron chi connectivity index (χ2n) is 3.63. The fourth-order valence-corrected chi connectivity index (χ4v) is 2.83. The van der Waals surface area contributed by atoms with E-state index in [0.717, 1.165) is 15.4 Å². The van der Waals surface area contributed by atoms with Crippen LogP contribution in [0.1, 0.15) is 4.88 Å². The average Bonchev–Trinajstić information content (AvgIpc) is 2.73. The zero-order chi connectivity index (χ0) is 14.0. The first-order chi connectivity index (χ1) is 8.97. The number of rotatable bonds is 4. The number of hydrogen-bond donors (Lipinski definition) is 1. The van der Waals surface area contributed by atoms with Crippen LogP contribution >= 0.6 is 27.3 Å². The lowest BCUT2D eigenvalue weighted by molar-refractivity contribution is -0.387. The third-order valence-corrected chi connectivity index (χ3v) is 4.01. The molecule has 2 rings (SSSR count). The summed E-state index contributed by atoms with van der Waals surface area (Å²) in [6.07, 6.45) is 0. The first-order valence-electron chi connectivity index (χ1n) is 5.07. The molecule has 100 valence electrons. The maximum atomic E-state index is 13.5. The van der Waals surface area contributed by atoms with Crippen LogP contribution in [-0.4, -0.2) is 4.92 Å². The number of anilines is 1. The van der Waals surface area contributed by atoms with Gasteiger partial charge in [-0.1, -0.05) is 0 Å². The van der Waals surface area contributed by atoms with E-state index in [0.29, 0.717) is 12.6 Å². The minimum Gasteiger partial charge on any atom is -0.378 e. The van der Waals surface area contributed by atoms with Crippen molar-refractivity contribution in [2.45, 2.75) is 6.54 Å². The molecular weight excluding hydrogens is 342 g/mol. The Morgan fingerprint density at radius 1 is 1.32 bits per heavy atom. The van der Waals surface area contributed by atoms with Crippen LogP contribution in [0.3, 0.4) is 0 Å². The number of halogens is 3. The molecule has 0 fully saturated rings. The first-order valence-corrected chi connectivity index (χ1v) is 6.75. The topological polar surface area (TPSA) is 55.2 Å². The van der Waals surface area contributed by atoms with Crippen molar-refractivity contribution < 1.29 is 13.7 Å². The maximum absolute atomic E-state index is 13.5. The summed E-state index contributed by atoms with van der Waals surface area (Å²) in [5.74, 6) is -2.05. The molecule has 0 radical (unpaired) electrons. The smallest absolute Gasteiger partial charge is 0.307 e. The number of nitrogens with one attached hydrogen (secondary N) is 1. The molecule has 0 aliphatic rings. The van der Waals surface area contributed by atoms with Crippen LogP contribution in [0.4, 0.5) is 20.2 Å². The van der Waals surface area contributed by atoms with E-state index < -0.39 is 22.2 Å². The molecule has 0 bridgehead atoms. The fourth-order valence-electron chi connectivity index (χ4n) is 1.44. The largest absolute Gasteiger partial charge is 0.378 e. The van der Waals surface area contributed by atoms with Crippen molar-refractivity contribution in [3.63, 3.8) is 0 Å². The van der Waals surface area contributed by atoms with E-state index >= 15 is 0 Å². The predicted octanol–water partition coefficient (Wildman–Crippen LogP) is 4.31. The van der Waals surface area contributed by atoms with Gasteiger partial charge in [0.1, 0.15) is 5.82 Å². The van der Waals surface area contributed by atoms with Gasteiger partial charge in [-0.3, -0.25) is 10.1 Å². The van der Waals surface area contributed by atoms with Crippen molar-refractivity contribution in [3.8, 4) is 0 Å². The van der Waals surface area contributed by atoms with Crippen molar-refractivity contribution in [1.29, 1.82) is 0 Å². The molecule has 2 aromatic rings. The molecule has 0 spiro atoms. The molecule has 4 nitrogen and oxygen atoms in total. The lowest BCUT2D eigenvalue weighted by Gasteiger charge is -2.06. The lowest BCUT2D eigenvalue weighted by Crippen LogP contribution is -2.02. The Morgan fingerprint density at radius 3 is 2.63 bits per heavy atom. The van der Waals surface area contributed by atoms with Crippen LogP contribution < -0.4 is 5.32 Å². The van der Waals surface area contributed by atoms with E-state index in [4.69, 9.17) is 0 Å². The summed E-state index contributed by atoms with van der Waals surface area (Å²) >= 11 is 4.73. The highest BCUT2D eigenvalue weighted by molar-refractivity contribution is 9.10. The molecule has 0 aliphatic heterocycles. The van der Waals surface area contributed by atoms with Gasteiger partial charge in [0, 0.05) is 33.4 Å². The summed E-state index contributed by atoms with van der Waals surface area (Å²) in [6.45, 7) is 0.302. The van der Waals surface area contributed by atoms with Gasteiger partial charge in [-0.05, 0) is 22.0 Å². The van der Waals surface area contributed by atoms with Crippen LogP contribution in [0.2, 0.25) is 0 Å². The molecular formula is C11H7BrF2N2O2S. The van der Waals surface area contributed by atoms with Crippen LogP contribution in [0.5, 0.6) is 0 Å². The van der Waals surface area contributed by atoms with Gasteiger partial charge in [-0.15, -0.1) is 11.3 Å². The quantitative estimate of drug-likeness (QED) is 0.661. The molecule has 1 aromatic heterocycles. The molecule has 0 unspecified atom stereocenters. The van der Waals surface area contributed by atoms with Gasteiger partial charge in [-0.25, -0.2) is 4.39 Å². The predicted molar refractivity (Wildman–Crippen MR) is 72.4 cm³/mol. The van der Waals surface area contributed by atoms with E-state index in [-0.39, 0.29) is 5.69 Å². The van der Waals surface area contributed by atoms with Crippen molar-refractivity contribution >= 4 is 38.6 Å². The standard InChI is InChI=1S/C11H7BrF2N2O2S/c12-6-1-7(19-5-6)4-15-10-3-11(16(17)18)9(14)2-8(10)13/h1-3,5,15H,4H2. The Labute approximate surface area is 119 Å². The van der Waals surface area contributed by atoms with Crippen molar-refractivity contribution in [3.05, 3.63) is 54.7 Å².